The van der Waals surface area contributed by atoms with Crippen molar-refractivity contribution in [2.45, 2.75) is 45.3 Å². The zero-order chi connectivity index (χ0) is 12.0. The molecule has 0 unspecified atom stereocenters. The van der Waals surface area contributed by atoms with E-state index in [0.717, 1.165) is 19.3 Å². The first kappa shape index (κ1) is 13.7. The Morgan fingerprint density at radius 2 is 2.25 bits per heavy atom. The minimum Gasteiger partial charge on any atom is -0.378 e. The predicted octanol–water partition coefficient (Wildman–Crippen LogP) is 1.44. The molecular weight excluding hydrogens is 226 g/mol. The second-order valence-corrected chi connectivity index (χ2v) is 6.20. The van der Waals surface area contributed by atoms with Crippen molar-refractivity contribution in [1.29, 1.82) is 0 Å². The summed E-state index contributed by atoms with van der Waals surface area (Å²) in [6.07, 6.45) is 7.03. The second-order valence-electron chi connectivity index (χ2n) is 4.32. The van der Waals surface area contributed by atoms with Crippen LogP contribution in [0.1, 0.15) is 33.1 Å². The molecule has 0 aromatic carbocycles. The largest absolute Gasteiger partial charge is 0.378 e. The molecule has 0 amide bonds. The predicted molar refractivity (Wildman–Crippen MR) is 64.8 cm³/mol. The highest BCUT2D eigenvalue weighted by Crippen LogP contribution is 2.11. The highest BCUT2D eigenvalue weighted by Gasteiger charge is 2.17. The summed E-state index contributed by atoms with van der Waals surface area (Å²) in [4.78, 5) is 0. The number of ether oxygens (including phenoxy) is 1. The van der Waals surface area contributed by atoms with Crippen LogP contribution in [0.15, 0.2) is 12.2 Å². The highest BCUT2D eigenvalue weighted by molar-refractivity contribution is 7.89. The Morgan fingerprint density at radius 1 is 1.50 bits per heavy atom. The lowest BCUT2D eigenvalue weighted by Crippen LogP contribution is -2.37. The summed E-state index contributed by atoms with van der Waals surface area (Å²) in [7, 11) is -3.20. The first-order valence-corrected chi connectivity index (χ1v) is 7.43. The molecule has 0 heterocycles. The lowest BCUT2D eigenvalue weighted by Gasteiger charge is -2.18. The number of hydrogen-bond donors (Lipinski definition) is 1. The first-order valence-electron chi connectivity index (χ1n) is 5.78. The quantitative estimate of drug-likeness (QED) is 0.723. The molecule has 1 N–H and O–H groups in total. The molecule has 5 heteroatoms. The zero-order valence-electron chi connectivity index (χ0n) is 9.98. The molecule has 1 aliphatic rings. The Hall–Kier alpha value is -0.390. The molecule has 0 saturated carbocycles. The molecule has 0 aromatic heterocycles. The smallest absolute Gasteiger partial charge is 0.214 e. The normalized spacial score (nSPS) is 21.6. The van der Waals surface area contributed by atoms with Crippen LogP contribution in [0.25, 0.3) is 0 Å². The number of nitrogens with one attached hydrogen (secondary N) is 1. The van der Waals surface area contributed by atoms with Crippen molar-refractivity contribution in [2.24, 2.45) is 0 Å². The molecular formula is C11H21NO3S. The van der Waals surface area contributed by atoms with E-state index in [1.165, 1.54) is 0 Å². The van der Waals surface area contributed by atoms with E-state index < -0.39 is 10.0 Å². The Balaban J connectivity index is 2.33. The summed E-state index contributed by atoms with van der Waals surface area (Å²) < 4.78 is 31.2. The molecule has 0 spiro atoms. The van der Waals surface area contributed by atoms with Crippen LogP contribution in [0.3, 0.4) is 0 Å². The molecule has 0 aromatic rings. The standard InChI is InChI=1S/C11H21NO3S/c1-10(2)15-8-9-16(13,14)12-11-6-4-3-5-7-11/h4,6,10-12H,3,5,7-9H2,1-2H3/t11-/m0/s1. The molecule has 0 radical (unpaired) electrons. The van der Waals surface area contributed by atoms with Crippen LogP contribution in [0.4, 0.5) is 0 Å². The van der Waals surface area contributed by atoms with E-state index in [0.29, 0.717) is 0 Å². The number of hydrogen-bond acceptors (Lipinski definition) is 3. The van der Waals surface area contributed by atoms with Crippen molar-refractivity contribution in [1.82, 2.24) is 4.72 Å². The third-order valence-corrected chi connectivity index (χ3v) is 3.75. The lowest BCUT2D eigenvalue weighted by atomic mass is 10.0. The maximum absolute atomic E-state index is 11.7. The van der Waals surface area contributed by atoms with Crippen LogP contribution in [-0.2, 0) is 14.8 Å². The van der Waals surface area contributed by atoms with Gasteiger partial charge in [0.25, 0.3) is 0 Å². The van der Waals surface area contributed by atoms with Crippen molar-refractivity contribution >= 4 is 10.0 Å². The van der Waals surface area contributed by atoms with Crippen molar-refractivity contribution in [3.8, 4) is 0 Å². The molecule has 94 valence electrons. The van der Waals surface area contributed by atoms with Crippen molar-refractivity contribution in [3.05, 3.63) is 12.2 Å². The van der Waals surface area contributed by atoms with Crippen molar-refractivity contribution < 1.29 is 13.2 Å². The van der Waals surface area contributed by atoms with E-state index in [1.807, 2.05) is 26.0 Å². The SMILES string of the molecule is CC(C)OCCS(=O)(=O)N[C@H]1C=CCCC1. The highest BCUT2D eigenvalue weighted by atomic mass is 32.2. The van der Waals surface area contributed by atoms with E-state index >= 15 is 0 Å². The Labute approximate surface area is 98.1 Å². The molecule has 1 rings (SSSR count). The van der Waals surface area contributed by atoms with Gasteiger partial charge in [-0.15, -0.1) is 0 Å². The van der Waals surface area contributed by atoms with Gasteiger partial charge in [0, 0.05) is 6.04 Å². The van der Waals surface area contributed by atoms with Crippen molar-refractivity contribution in [2.75, 3.05) is 12.4 Å². The average molecular weight is 247 g/mol. The number of sulfonamides is 1. The first-order chi connectivity index (χ1) is 7.49. The molecule has 16 heavy (non-hydrogen) atoms. The monoisotopic (exact) mass is 247 g/mol. The van der Waals surface area contributed by atoms with Crippen LogP contribution in [0, 0.1) is 0 Å². The Bertz CT molecular complexity index is 322. The fraction of sp³-hybridized carbons (Fsp3) is 0.818. The molecule has 0 saturated heterocycles. The van der Waals surface area contributed by atoms with E-state index in [9.17, 15) is 8.42 Å². The van der Waals surface area contributed by atoms with E-state index in [4.69, 9.17) is 4.74 Å². The van der Waals surface area contributed by atoms with Gasteiger partial charge in [-0.2, -0.15) is 0 Å². The van der Waals surface area contributed by atoms with Crippen LogP contribution >= 0.6 is 0 Å². The minimum atomic E-state index is -3.20. The number of allylic oxidation sites excluding steroid dienone is 1. The van der Waals surface area contributed by atoms with E-state index in [1.54, 1.807) is 0 Å². The fourth-order valence-corrected chi connectivity index (χ4v) is 2.68. The molecule has 4 nitrogen and oxygen atoms in total. The van der Waals surface area contributed by atoms with Crippen LogP contribution in [-0.4, -0.2) is 32.9 Å². The topological polar surface area (TPSA) is 55.4 Å². The van der Waals surface area contributed by atoms with Gasteiger partial charge in [0.1, 0.15) is 0 Å². The summed E-state index contributed by atoms with van der Waals surface area (Å²) in [6.45, 7) is 4.04. The summed E-state index contributed by atoms with van der Waals surface area (Å²) in [5.41, 5.74) is 0. The summed E-state index contributed by atoms with van der Waals surface area (Å²) in [6, 6.07) is -0.0298. The van der Waals surface area contributed by atoms with Gasteiger partial charge in [0.2, 0.25) is 10.0 Å². The molecule has 1 atom stereocenters. The van der Waals surface area contributed by atoms with Gasteiger partial charge in [0.15, 0.2) is 0 Å². The van der Waals surface area contributed by atoms with Gasteiger partial charge in [0.05, 0.1) is 18.5 Å². The van der Waals surface area contributed by atoms with Crippen LogP contribution in [0.2, 0.25) is 0 Å². The third kappa shape index (κ3) is 5.63. The minimum absolute atomic E-state index is 0.0298. The summed E-state index contributed by atoms with van der Waals surface area (Å²) in [5, 5.41) is 0. The van der Waals surface area contributed by atoms with Gasteiger partial charge >= 0.3 is 0 Å². The Kier molecular flexibility index (Phi) is 5.44. The Morgan fingerprint density at radius 3 is 2.81 bits per heavy atom. The van der Waals surface area contributed by atoms with E-state index in [-0.39, 0.29) is 24.5 Å². The fourth-order valence-electron chi connectivity index (χ4n) is 1.59. The van der Waals surface area contributed by atoms with Crippen molar-refractivity contribution in [3.63, 3.8) is 0 Å². The molecule has 0 bridgehead atoms. The average Bonchev–Trinajstić information content (AvgIpc) is 2.17. The van der Waals surface area contributed by atoms with Gasteiger partial charge in [-0.25, -0.2) is 13.1 Å². The van der Waals surface area contributed by atoms with Gasteiger partial charge < -0.3 is 4.74 Å². The number of rotatable bonds is 6. The second kappa shape index (κ2) is 6.37. The third-order valence-electron chi connectivity index (χ3n) is 2.39. The lowest BCUT2D eigenvalue weighted by molar-refractivity contribution is 0.0911. The summed E-state index contributed by atoms with van der Waals surface area (Å²) in [5.74, 6) is 0.0372. The van der Waals surface area contributed by atoms with Gasteiger partial charge in [-0.1, -0.05) is 12.2 Å². The molecule has 0 aliphatic heterocycles. The molecule has 0 fully saturated rings. The maximum Gasteiger partial charge on any atom is 0.214 e. The summed E-state index contributed by atoms with van der Waals surface area (Å²) >= 11 is 0. The maximum atomic E-state index is 11.7. The van der Waals surface area contributed by atoms with E-state index in [2.05, 4.69) is 4.72 Å². The van der Waals surface area contributed by atoms with Gasteiger partial charge in [-0.05, 0) is 33.1 Å². The van der Waals surface area contributed by atoms with Crippen LogP contribution < -0.4 is 4.72 Å². The van der Waals surface area contributed by atoms with Crippen LogP contribution in [0.5, 0.6) is 0 Å². The zero-order valence-corrected chi connectivity index (χ0v) is 10.8. The molecule has 1 aliphatic carbocycles. The van der Waals surface area contributed by atoms with Gasteiger partial charge in [-0.3, -0.25) is 0 Å².